The molecule has 2 rings (SSSR count). The summed E-state index contributed by atoms with van der Waals surface area (Å²) in [6, 6.07) is 9.59. The van der Waals surface area contributed by atoms with Gasteiger partial charge in [-0.3, -0.25) is 14.3 Å². The van der Waals surface area contributed by atoms with E-state index in [0.717, 1.165) is 5.56 Å². The Morgan fingerprint density at radius 3 is 2.61 bits per heavy atom. The topological polar surface area (TPSA) is 54.9 Å². The van der Waals surface area contributed by atoms with Crippen LogP contribution in [-0.2, 0) is 6.54 Å². The lowest BCUT2D eigenvalue weighted by Crippen LogP contribution is -2.31. The number of aromatic amines is 1. The van der Waals surface area contributed by atoms with Crippen LogP contribution in [0.2, 0.25) is 0 Å². The zero-order chi connectivity index (χ0) is 13.0. The molecular weight excluding hydrogens is 296 g/mol. The highest BCUT2D eigenvalue weighted by Crippen LogP contribution is 2.01. The Labute approximate surface area is 112 Å². The van der Waals surface area contributed by atoms with Crippen molar-refractivity contribution in [2.45, 2.75) is 6.54 Å². The van der Waals surface area contributed by atoms with Gasteiger partial charge >= 0.3 is 5.69 Å². The fraction of sp³-hybridized carbons (Fsp3) is 0.0769. The molecule has 0 saturated carbocycles. The van der Waals surface area contributed by atoms with Gasteiger partial charge < -0.3 is 0 Å². The van der Waals surface area contributed by atoms with Crippen molar-refractivity contribution in [3.8, 4) is 0 Å². The molecule has 0 amide bonds. The molecule has 0 spiro atoms. The zero-order valence-corrected chi connectivity index (χ0v) is 11.1. The number of nitrogens with zero attached hydrogens (tertiary/aromatic N) is 1. The number of H-pyrrole nitrogens is 1. The summed E-state index contributed by atoms with van der Waals surface area (Å²) in [5.41, 5.74) is 0.637. The fourth-order valence-corrected chi connectivity index (χ4v) is 1.90. The molecule has 0 aliphatic rings. The molecule has 0 bridgehead atoms. The maximum absolute atomic E-state index is 11.7. The Bertz CT molecular complexity index is 671. The van der Waals surface area contributed by atoms with Gasteiger partial charge in [0.2, 0.25) is 0 Å². The second kappa shape index (κ2) is 5.64. The quantitative estimate of drug-likeness (QED) is 0.942. The number of hydrogen-bond donors (Lipinski definition) is 1. The molecule has 0 saturated heterocycles. The first kappa shape index (κ1) is 12.6. The van der Waals surface area contributed by atoms with Crippen molar-refractivity contribution < 1.29 is 0 Å². The van der Waals surface area contributed by atoms with Gasteiger partial charge in [-0.05, 0) is 16.6 Å². The molecule has 18 heavy (non-hydrogen) atoms. The summed E-state index contributed by atoms with van der Waals surface area (Å²) in [5.74, 6) is 0. The molecule has 0 atom stereocenters. The van der Waals surface area contributed by atoms with Crippen LogP contribution >= 0.6 is 15.9 Å². The molecule has 0 radical (unpaired) electrons. The maximum Gasteiger partial charge on any atom is 0.328 e. The van der Waals surface area contributed by atoms with Crippen molar-refractivity contribution >= 4 is 22.0 Å². The van der Waals surface area contributed by atoms with Gasteiger partial charge in [0.05, 0.1) is 12.1 Å². The van der Waals surface area contributed by atoms with Gasteiger partial charge in [0.1, 0.15) is 0 Å². The Kier molecular flexibility index (Phi) is 3.94. The second-order valence-electron chi connectivity index (χ2n) is 3.75. The van der Waals surface area contributed by atoms with E-state index in [9.17, 15) is 9.59 Å². The fourth-order valence-electron chi connectivity index (χ4n) is 1.61. The van der Waals surface area contributed by atoms with Crippen molar-refractivity contribution in [2.24, 2.45) is 0 Å². The molecule has 0 aliphatic carbocycles. The second-order valence-corrected chi connectivity index (χ2v) is 4.28. The number of hydrogen-bond acceptors (Lipinski definition) is 2. The molecular formula is C13H11BrN2O2. The number of rotatable bonds is 3. The first-order chi connectivity index (χ1) is 8.70. The molecule has 92 valence electrons. The van der Waals surface area contributed by atoms with Crippen molar-refractivity contribution in [3.63, 3.8) is 0 Å². The molecule has 1 N–H and O–H groups in total. The van der Waals surface area contributed by atoms with Crippen molar-refractivity contribution in [2.75, 3.05) is 0 Å². The molecule has 1 aromatic heterocycles. The van der Waals surface area contributed by atoms with E-state index in [2.05, 4.69) is 20.9 Å². The molecule has 2 aromatic rings. The van der Waals surface area contributed by atoms with Gasteiger partial charge in [-0.2, -0.15) is 0 Å². The number of aromatic nitrogens is 2. The van der Waals surface area contributed by atoms with Crippen LogP contribution in [0.15, 0.2) is 51.1 Å². The molecule has 0 aliphatic heterocycles. The van der Waals surface area contributed by atoms with E-state index in [1.165, 1.54) is 4.57 Å². The highest BCUT2D eigenvalue weighted by Gasteiger charge is 2.02. The van der Waals surface area contributed by atoms with Crippen LogP contribution in [0.5, 0.6) is 0 Å². The third-order valence-corrected chi connectivity index (χ3v) is 2.74. The van der Waals surface area contributed by atoms with Gasteiger partial charge in [-0.1, -0.05) is 46.3 Å². The highest BCUT2D eigenvalue weighted by molar-refractivity contribution is 9.11. The average Bonchev–Trinajstić information content (AvgIpc) is 2.37. The number of halogens is 1. The predicted octanol–water partition coefficient (Wildman–Crippen LogP) is 1.95. The van der Waals surface area contributed by atoms with Gasteiger partial charge in [0, 0.05) is 6.20 Å². The zero-order valence-electron chi connectivity index (χ0n) is 9.47. The van der Waals surface area contributed by atoms with Crippen LogP contribution in [-0.4, -0.2) is 9.55 Å². The summed E-state index contributed by atoms with van der Waals surface area (Å²) in [4.78, 5) is 27.0. The van der Waals surface area contributed by atoms with E-state index in [-0.39, 0.29) is 5.56 Å². The summed E-state index contributed by atoms with van der Waals surface area (Å²) < 4.78 is 1.47. The summed E-state index contributed by atoms with van der Waals surface area (Å²) in [7, 11) is 0. The molecule has 1 aromatic carbocycles. The lowest BCUT2D eigenvalue weighted by molar-refractivity contribution is 0.718. The van der Waals surface area contributed by atoms with Crippen LogP contribution < -0.4 is 11.2 Å². The third kappa shape index (κ3) is 2.87. The lowest BCUT2D eigenvalue weighted by atomic mass is 10.2. The Hall–Kier alpha value is -1.88. The minimum absolute atomic E-state index is 0.389. The SMILES string of the molecule is O=c1[nH]c(=O)n(Cc2ccccc2)cc1/C=C/Br. The standard InChI is InChI=1S/C13H11BrN2O2/c14-7-6-11-9-16(13(18)15-12(11)17)8-10-4-2-1-3-5-10/h1-7,9H,8H2,(H,15,17,18)/b7-6+. The predicted molar refractivity (Wildman–Crippen MR) is 74.8 cm³/mol. The van der Waals surface area contributed by atoms with E-state index in [0.29, 0.717) is 12.1 Å². The summed E-state index contributed by atoms with van der Waals surface area (Å²) in [6.45, 7) is 0.430. The highest BCUT2D eigenvalue weighted by atomic mass is 79.9. The maximum atomic E-state index is 11.7. The van der Waals surface area contributed by atoms with Crippen molar-refractivity contribution in [3.05, 3.63) is 73.5 Å². The summed E-state index contributed by atoms with van der Waals surface area (Å²) in [5, 5.41) is 0. The van der Waals surface area contributed by atoms with E-state index in [1.54, 1.807) is 17.3 Å². The van der Waals surface area contributed by atoms with E-state index in [4.69, 9.17) is 0 Å². The molecule has 1 heterocycles. The first-order valence-electron chi connectivity index (χ1n) is 5.35. The van der Waals surface area contributed by atoms with Crippen molar-refractivity contribution in [1.29, 1.82) is 0 Å². The normalized spacial score (nSPS) is 10.9. The Balaban J connectivity index is 2.42. The molecule has 0 unspecified atom stereocenters. The minimum Gasteiger partial charge on any atom is -0.296 e. The summed E-state index contributed by atoms with van der Waals surface area (Å²) >= 11 is 3.11. The third-order valence-electron chi connectivity index (χ3n) is 2.48. The van der Waals surface area contributed by atoms with Crippen LogP contribution in [0.25, 0.3) is 6.08 Å². The van der Waals surface area contributed by atoms with Crippen LogP contribution in [0.1, 0.15) is 11.1 Å². The van der Waals surface area contributed by atoms with E-state index >= 15 is 0 Å². The van der Waals surface area contributed by atoms with E-state index < -0.39 is 5.69 Å². The van der Waals surface area contributed by atoms with Crippen LogP contribution in [0, 0.1) is 0 Å². The lowest BCUT2D eigenvalue weighted by Gasteiger charge is -2.05. The van der Waals surface area contributed by atoms with E-state index in [1.807, 2.05) is 30.3 Å². The van der Waals surface area contributed by atoms with Crippen LogP contribution in [0.4, 0.5) is 0 Å². The number of nitrogens with one attached hydrogen (secondary N) is 1. The van der Waals surface area contributed by atoms with Crippen LogP contribution in [0.3, 0.4) is 0 Å². The minimum atomic E-state index is -0.407. The average molecular weight is 307 g/mol. The van der Waals surface area contributed by atoms with Gasteiger partial charge in [0.15, 0.2) is 0 Å². The van der Waals surface area contributed by atoms with Gasteiger partial charge in [-0.25, -0.2) is 4.79 Å². The monoisotopic (exact) mass is 306 g/mol. The smallest absolute Gasteiger partial charge is 0.296 e. The summed E-state index contributed by atoms with van der Waals surface area (Å²) in [6.07, 6.45) is 3.14. The van der Waals surface area contributed by atoms with Crippen molar-refractivity contribution in [1.82, 2.24) is 9.55 Å². The Morgan fingerprint density at radius 2 is 1.94 bits per heavy atom. The van der Waals surface area contributed by atoms with Gasteiger partial charge in [-0.15, -0.1) is 0 Å². The molecule has 0 fully saturated rings. The molecule has 4 nitrogen and oxygen atoms in total. The number of benzene rings is 1. The van der Waals surface area contributed by atoms with Gasteiger partial charge in [0.25, 0.3) is 5.56 Å². The largest absolute Gasteiger partial charge is 0.328 e. The Morgan fingerprint density at radius 1 is 1.22 bits per heavy atom. The first-order valence-corrected chi connectivity index (χ1v) is 6.27. The molecule has 5 heteroatoms.